The van der Waals surface area contributed by atoms with E-state index in [0.29, 0.717) is 104 Å². The molecular weight excluding hydrogens is 1300 g/mol. The van der Waals surface area contributed by atoms with Gasteiger partial charge in [0, 0.05) is 44.8 Å². The Kier molecular flexibility index (Phi) is 30.9. The number of carbonyl (C=O) groups is 7. The van der Waals surface area contributed by atoms with E-state index in [1.807, 2.05) is 46.8 Å². The maximum atomic E-state index is 11.3. The van der Waals surface area contributed by atoms with Crippen molar-refractivity contribution in [1.29, 1.82) is 0 Å². The normalized spacial score (nSPS) is 13.4. The lowest BCUT2D eigenvalue weighted by atomic mass is 9.75. The van der Waals surface area contributed by atoms with Gasteiger partial charge in [-0.05, 0) is 114 Å². The molecule has 0 aromatic heterocycles. The van der Waals surface area contributed by atoms with E-state index in [1.54, 1.807) is 72.8 Å². The molecule has 0 unspecified atom stereocenters. The molecule has 0 aliphatic carbocycles. The number of phenols is 1. The predicted octanol–water partition coefficient (Wildman–Crippen LogP) is 6.14. The second-order valence-electron chi connectivity index (χ2n) is 18.2. The number of halogens is 3. The summed E-state index contributed by atoms with van der Waals surface area (Å²) < 4.78 is 57.4. The van der Waals surface area contributed by atoms with Crippen molar-refractivity contribution in [3.8, 4) is 28.7 Å². The van der Waals surface area contributed by atoms with E-state index in [1.165, 1.54) is 27.4 Å². The number of esters is 3. The third-order valence-electron chi connectivity index (χ3n) is 12.1. The molecule has 0 amide bonds. The van der Waals surface area contributed by atoms with Crippen LogP contribution >= 0.6 is 47.8 Å². The Hall–Kier alpha value is -6.62. The van der Waals surface area contributed by atoms with Crippen LogP contribution in [0.25, 0.3) is 0 Å². The topological polar surface area (TPSA) is 302 Å². The molecule has 1 fully saturated rings. The number of hydrogen-bond donors (Lipinski definition) is 4. The molecule has 8 rings (SSSR count). The molecule has 5 aromatic carbocycles. The summed E-state index contributed by atoms with van der Waals surface area (Å²) in [6, 6.07) is 25.5. The number of carbonyl (C=O) groups excluding carboxylic acids is 6. The number of alkyl halides is 1. The van der Waals surface area contributed by atoms with Crippen LogP contribution in [0.4, 0.5) is 0 Å². The quantitative estimate of drug-likeness (QED) is 0.0252. The second-order valence-corrected chi connectivity index (χ2v) is 20.6. The number of ether oxygens (including phenoxy) is 7. The average Bonchev–Trinajstić information content (AvgIpc) is 3.71. The fourth-order valence-electron chi connectivity index (χ4n) is 7.11. The Morgan fingerprint density at radius 1 is 0.571 bits per heavy atom. The summed E-state index contributed by atoms with van der Waals surface area (Å²) >= 11 is 9.46. The van der Waals surface area contributed by atoms with Crippen LogP contribution in [0.15, 0.2) is 99.9 Å². The molecule has 450 valence electrons. The van der Waals surface area contributed by atoms with Gasteiger partial charge in [0.15, 0.2) is 32.4 Å². The zero-order valence-corrected chi connectivity index (χ0v) is 52.0. The summed E-state index contributed by atoms with van der Waals surface area (Å²) in [5, 5.41) is 37.4. The summed E-state index contributed by atoms with van der Waals surface area (Å²) in [6.07, 6.45) is 3.57. The third kappa shape index (κ3) is 21.8. The maximum absolute atomic E-state index is 11.3. The first kappa shape index (κ1) is 71.6. The van der Waals surface area contributed by atoms with Crippen LogP contribution in [0.5, 0.6) is 28.7 Å². The molecular formula is C56H64B3Br3O22. The number of aldehydes is 3. The lowest BCUT2D eigenvalue weighted by Crippen LogP contribution is -2.41. The van der Waals surface area contributed by atoms with Crippen molar-refractivity contribution in [3.63, 3.8) is 0 Å². The highest BCUT2D eigenvalue weighted by Gasteiger charge is 2.53. The summed E-state index contributed by atoms with van der Waals surface area (Å²) in [6.45, 7) is 10.2. The zero-order chi connectivity index (χ0) is 62.6. The van der Waals surface area contributed by atoms with Gasteiger partial charge < -0.3 is 72.0 Å². The zero-order valence-electron chi connectivity index (χ0n) is 47.3. The molecule has 28 heteroatoms. The van der Waals surface area contributed by atoms with Crippen molar-refractivity contribution in [2.45, 2.75) is 71.9 Å². The van der Waals surface area contributed by atoms with E-state index in [2.05, 4.69) is 62.0 Å². The summed E-state index contributed by atoms with van der Waals surface area (Å²) in [7, 11) is 1.37. The molecule has 3 aliphatic heterocycles. The van der Waals surface area contributed by atoms with Crippen LogP contribution in [0, 0.1) is 0 Å². The monoisotopic (exact) mass is 1360 g/mol. The van der Waals surface area contributed by atoms with Crippen molar-refractivity contribution in [1.82, 2.24) is 0 Å². The highest BCUT2D eigenvalue weighted by molar-refractivity contribution is 9.11. The maximum Gasteiger partial charge on any atom is 0.499 e. The van der Waals surface area contributed by atoms with Gasteiger partial charge in [0.2, 0.25) is 0 Å². The van der Waals surface area contributed by atoms with Gasteiger partial charge in [-0.3, -0.25) is 19.2 Å². The van der Waals surface area contributed by atoms with Crippen LogP contribution in [-0.4, -0.2) is 149 Å². The van der Waals surface area contributed by atoms with E-state index < -0.39 is 57.1 Å². The third-order valence-corrected chi connectivity index (χ3v) is 14.4. The Balaban J connectivity index is 0.000000270. The van der Waals surface area contributed by atoms with Gasteiger partial charge in [-0.2, -0.15) is 0 Å². The van der Waals surface area contributed by atoms with E-state index in [-0.39, 0.29) is 24.9 Å². The van der Waals surface area contributed by atoms with E-state index in [0.717, 1.165) is 29.2 Å². The lowest BCUT2D eigenvalue weighted by molar-refractivity contribution is -0.143. The van der Waals surface area contributed by atoms with Crippen molar-refractivity contribution in [2.24, 2.45) is 0 Å². The van der Waals surface area contributed by atoms with Gasteiger partial charge in [0.25, 0.3) is 0 Å². The van der Waals surface area contributed by atoms with Gasteiger partial charge in [-0.25, -0.2) is 14.4 Å². The van der Waals surface area contributed by atoms with E-state index >= 15 is 0 Å². The number of carboxylic acids is 1. The first-order valence-electron chi connectivity index (χ1n) is 25.4. The molecule has 22 nitrogen and oxygen atoms in total. The molecule has 0 saturated carbocycles. The Morgan fingerprint density at radius 3 is 1.40 bits per heavy atom. The molecule has 0 atom stereocenters. The van der Waals surface area contributed by atoms with E-state index in [9.17, 15) is 43.6 Å². The molecule has 3 heterocycles. The summed E-state index contributed by atoms with van der Waals surface area (Å²) in [5.41, 5.74) is 4.05. The second kappa shape index (κ2) is 36.3. The molecule has 0 bridgehead atoms. The predicted molar refractivity (Wildman–Crippen MR) is 320 cm³/mol. The number of fused-ring (bicyclic) bond motifs is 2. The lowest BCUT2D eigenvalue weighted by Gasteiger charge is -2.32. The van der Waals surface area contributed by atoms with Gasteiger partial charge in [-0.15, -0.1) is 0 Å². The van der Waals surface area contributed by atoms with Crippen LogP contribution in [0.2, 0.25) is 0 Å². The molecule has 1 saturated heterocycles. The molecule has 4 N–H and O–H groups in total. The minimum atomic E-state index is -1.05. The number of rotatable bonds is 18. The highest BCUT2D eigenvalue weighted by atomic mass is 79.9. The number of benzene rings is 5. The number of hydrogen-bond acceptors (Lipinski definition) is 21. The summed E-state index contributed by atoms with van der Waals surface area (Å²) in [5.74, 6) is -0.159. The first-order chi connectivity index (χ1) is 40.0. The fraction of sp³-hybridized carbons (Fsp3) is 0.339. The first-order valence-corrected chi connectivity index (χ1v) is 28.1. The van der Waals surface area contributed by atoms with Gasteiger partial charge in [0.1, 0.15) is 35.0 Å². The summed E-state index contributed by atoms with van der Waals surface area (Å²) in [4.78, 5) is 74.5. The Labute approximate surface area is 512 Å². The van der Waals surface area contributed by atoms with Crippen LogP contribution in [-0.2, 0) is 65.2 Å². The number of phenolic OH excluding ortho intramolecular Hbond substituents is 1. The highest BCUT2D eigenvalue weighted by Crippen LogP contribution is 2.37. The number of methoxy groups -OCH3 is 3. The SMILES string of the molecule is CCOc1cccc(C=O)c1B1OC(C)(C)C(C)(C)O1.COC(=O)CCCBr.COC(=O)COc1cccc(C=O)c1Br.COC(=O)COc1cccc2c1B(O)OC2.O=C(O)COc1cccc2c1B(O)OC2.O=Cc1cccc(O)c1Br. The fourth-order valence-corrected chi connectivity index (χ4v) is 8.22. The van der Waals surface area contributed by atoms with Crippen molar-refractivity contribution >= 4 is 128 Å². The largest absolute Gasteiger partial charge is 0.507 e. The number of carboxylic acid groups (broad SMARTS) is 1. The number of aliphatic carboxylic acids is 1. The van der Waals surface area contributed by atoms with Gasteiger partial charge in [0.05, 0.1) is 61.3 Å². The standard InChI is InChI=1S/C15H21BO4.C10H11BO5.C10H9BrO4.C9H9BO5.C7H5BrO2.C5H9BrO2/c1-6-18-12-9-7-8-11(10-17)13(12)16-19-14(2,3)15(4,5)20-16;1-14-9(12)6-15-8-4-2-3-7-5-16-11(13)10(7)8;1-14-9(13)6-15-8-4-2-3-7(5-12)10(8)11;11-8(12)5-14-7-3-1-2-6-4-15-10(13)9(6)7;8-7-5(4-9)2-1-3-6(7)10;1-8-5(7)3-2-4-6/h7-10H,6H2,1-5H3;2-4,13H,5-6H2,1H3;2-5H,6H2,1H3;1-3,13H,4-5H2,(H,11,12);1-4,10H;2-4H2,1H3. The Morgan fingerprint density at radius 2 is 0.976 bits per heavy atom. The molecule has 84 heavy (non-hydrogen) atoms. The molecule has 5 aromatic rings. The van der Waals surface area contributed by atoms with Gasteiger partial charge in [-0.1, -0.05) is 76.6 Å². The number of aromatic hydroxyl groups is 1. The minimum absolute atomic E-state index is 0.0876. The van der Waals surface area contributed by atoms with Crippen molar-refractivity contribution in [2.75, 3.05) is 53.1 Å². The van der Waals surface area contributed by atoms with Crippen molar-refractivity contribution in [3.05, 3.63) is 128 Å². The molecule has 0 radical (unpaired) electrons. The van der Waals surface area contributed by atoms with Crippen LogP contribution in [0.1, 0.15) is 89.7 Å². The van der Waals surface area contributed by atoms with Crippen molar-refractivity contribution < 1.29 is 106 Å². The van der Waals surface area contributed by atoms with Crippen LogP contribution < -0.4 is 35.3 Å². The smallest absolute Gasteiger partial charge is 0.499 e. The average molecular weight is 1360 g/mol. The van der Waals surface area contributed by atoms with Crippen LogP contribution in [0.3, 0.4) is 0 Å². The van der Waals surface area contributed by atoms with E-state index in [4.69, 9.17) is 47.8 Å². The minimum Gasteiger partial charge on any atom is -0.507 e. The molecule has 0 spiro atoms. The Bertz CT molecular complexity index is 2990. The molecule has 3 aliphatic rings. The van der Waals surface area contributed by atoms with Gasteiger partial charge >= 0.3 is 45.2 Å².